The second-order valence-electron chi connectivity index (χ2n) is 4.37. The molecule has 0 saturated carbocycles. The Morgan fingerprint density at radius 3 is 2.52 bits per heavy atom. The van der Waals surface area contributed by atoms with Gasteiger partial charge < -0.3 is 10.1 Å². The molecule has 0 aliphatic carbocycles. The molecule has 0 aliphatic rings. The number of benzene rings is 2. The van der Waals surface area contributed by atoms with Gasteiger partial charge in [0.1, 0.15) is 5.75 Å². The minimum atomic E-state index is -0.686. The summed E-state index contributed by atoms with van der Waals surface area (Å²) in [6.07, 6.45) is -0.686. The molecule has 106 valence electrons. The topological polar surface area (TPSA) is 62.1 Å². The third kappa shape index (κ3) is 3.98. The fourth-order valence-electron chi connectivity index (χ4n) is 1.66. The zero-order chi connectivity index (χ0) is 15.2. The lowest BCUT2D eigenvalue weighted by Crippen LogP contribution is -2.30. The number of carbonyl (C=O) groups is 1. The van der Waals surface area contributed by atoms with Crippen LogP contribution in [0.1, 0.15) is 12.5 Å². The quantitative estimate of drug-likeness (QED) is 0.938. The number of para-hydroxylation sites is 1. The van der Waals surface area contributed by atoms with Crippen LogP contribution in [0.25, 0.3) is 0 Å². The first-order valence-corrected chi connectivity index (χ1v) is 6.70. The van der Waals surface area contributed by atoms with Gasteiger partial charge in [0.25, 0.3) is 5.91 Å². The smallest absolute Gasteiger partial charge is 0.265 e. The van der Waals surface area contributed by atoms with E-state index in [0.29, 0.717) is 22.0 Å². The van der Waals surface area contributed by atoms with Gasteiger partial charge in [-0.1, -0.05) is 23.7 Å². The van der Waals surface area contributed by atoms with Gasteiger partial charge in [-0.15, -0.1) is 0 Å². The highest BCUT2D eigenvalue weighted by molar-refractivity contribution is 6.33. The highest BCUT2D eigenvalue weighted by Crippen LogP contribution is 2.21. The van der Waals surface area contributed by atoms with E-state index >= 15 is 0 Å². The van der Waals surface area contributed by atoms with Gasteiger partial charge in [0.05, 0.1) is 22.3 Å². The van der Waals surface area contributed by atoms with E-state index in [1.165, 1.54) is 0 Å². The zero-order valence-corrected chi connectivity index (χ0v) is 12.1. The summed E-state index contributed by atoms with van der Waals surface area (Å²) < 4.78 is 5.52. The Hall–Kier alpha value is -2.51. The maximum absolute atomic E-state index is 12.0. The minimum absolute atomic E-state index is 0.299. The first-order chi connectivity index (χ1) is 10.1. The Kier molecular flexibility index (Phi) is 4.81. The van der Waals surface area contributed by atoms with E-state index in [1.807, 2.05) is 6.07 Å². The lowest BCUT2D eigenvalue weighted by atomic mass is 10.2. The minimum Gasteiger partial charge on any atom is -0.481 e. The number of halogens is 1. The van der Waals surface area contributed by atoms with E-state index in [0.717, 1.165) is 0 Å². The molecule has 4 nitrogen and oxygen atoms in total. The van der Waals surface area contributed by atoms with Crippen molar-refractivity contribution < 1.29 is 9.53 Å². The van der Waals surface area contributed by atoms with Crippen LogP contribution >= 0.6 is 11.6 Å². The Morgan fingerprint density at radius 1 is 1.24 bits per heavy atom. The number of hydrogen-bond acceptors (Lipinski definition) is 3. The summed E-state index contributed by atoms with van der Waals surface area (Å²) in [5.41, 5.74) is 1.08. The summed E-state index contributed by atoms with van der Waals surface area (Å²) in [5, 5.41) is 11.9. The summed E-state index contributed by atoms with van der Waals surface area (Å²) in [5.74, 6) is 0.225. The van der Waals surface area contributed by atoms with Gasteiger partial charge in [-0.25, -0.2) is 0 Å². The lowest BCUT2D eigenvalue weighted by Gasteiger charge is -2.15. The Morgan fingerprint density at radius 2 is 1.90 bits per heavy atom. The number of rotatable bonds is 4. The molecule has 2 aromatic carbocycles. The van der Waals surface area contributed by atoms with Crippen LogP contribution in [0.5, 0.6) is 5.75 Å². The summed E-state index contributed by atoms with van der Waals surface area (Å²) in [6.45, 7) is 1.64. The van der Waals surface area contributed by atoms with E-state index in [1.54, 1.807) is 55.5 Å². The molecule has 0 bridgehead atoms. The number of ether oxygens (including phenoxy) is 1. The average Bonchev–Trinajstić information content (AvgIpc) is 2.50. The average molecular weight is 301 g/mol. The number of nitrogens with one attached hydrogen (secondary N) is 1. The van der Waals surface area contributed by atoms with Gasteiger partial charge >= 0.3 is 0 Å². The van der Waals surface area contributed by atoms with Crippen LogP contribution in [0.15, 0.2) is 48.5 Å². The van der Waals surface area contributed by atoms with Crippen molar-refractivity contribution >= 4 is 23.2 Å². The van der Waals surface area contributed by atoms with Gasteiger partial charge in [0.2, 0.25) is 0 Å². The predicted octanol–water partition coefficient (Wildman–Crippen LogP) is 3.62. The van der Waals surface area contributed by atoms with Crippen LogP contribution in [-0.4, -0.2) is 12.0 Å². The van der Waals surface area contributed by atoms with Crippen molar-refractivity contribution in [3.8, 4) is 11.8 Å². The zero-order valence-electron chi connectivity index (χ0n) is 11.3. The Balaban J connectivity index is 1.99. The molecule has 1 N–H and O–H groups in total. The van der Waals surface area contributed by atoms with Gasteiger partial charge in [0, 0.05) is 0 Å². The molecule has 2 aromatic rings. The molecule has 21 heavy (non-hydrogen) atoms. The molecule has 1 amide bonds. The molecule has 0 radical (unpaired) electrons. The van der Waals surface area contributed by atoms with E-state index < -0.39 is 6.10 Å². The highest BCUT2D eigenvalue weighted by atomic mass is 35.5. The van der Waals surface area contributed by atoms with Crippen molar-refractivity contribution in [3.63, 3.8) is 0 Å². The first-order valence-electron chi connectivity index (χ1n) is 6.32. The van der Waals surface area contributed by atoms with Crippen LogP contribution in [0.3, 0.4) is 0 Å². The summed E-state index contributed by atoms with van der Waals surface area (Å²) in [6, 6.07) is 15.6. The third-order valence-corrected chi connectivity index (χ3v) is 3.13. The van der Waals surface area contributed by atoms with Crippen molar-refractivity contribution in [2.75, 3.05) is 5.32 Å². The number of nitriles is 1. The van der Waals surface area contributed by atoms with Crippen LogP contribution < -0.4 is 10.1 Å². The van der Waals surface area contributed by atoms with Crippen LogP contribution in [-0.2, 0) is 4.79 Å². The molecule has 0 aliphatic heterocycles. The molecule has 0 spiro atoms. The van der Waals surface area contributed by atoms with Crippen molar-refractivity contribution in [1.29, 1.82) is 5.26 Å². The molecule has 0 aromatic heterocycles. The van der Waals surface area contributed by atoms with Crippen molar-refractivity contribution in [2.24, 2.45) is 0 Å². The van der Waals surface area contributed by atoms with Gasteiger partial charge in [-0.3, -0.25) is 4.79 Å². The Bertz CT molecular complexity index is 677. The lowest BCUT2D eigenvalue weighted by molar-refractivity contribution is -0.122. The van der Waals surface area contributed by atoms with Crippen LogP contribution in [0, 0.1) is 11.3 Å². The SMILES string of the molecule is C[C@H](Oc1ccc(C#N)cc1)C(=O)Nc1ccccc1Cl. The molecule has 0 fully saturated rings. The largest absolute Gasteiger partial charge is 0.481 e. The van der Waals surface area contributed by atoms with Gasteiger partial charge in [0.15, 0.2) is 6.10 Å². The van der Waals surface area contributed by atoms with Crippen LogP contribution in [0.2, 0.25) is 5.02 Å². The Labute approximate surface area is 127 Å². The summed E-state index contributed by atoms with van der Waals surface area (Å²) in [4.78, 5) is 12.0. The van der Waals surface area contributed by atoms with Crippen molar-refractivity contribution in [1.82, 2.24) is 0 Å². The van der Waals surface area contributed by atoms with E-state index in [-0.39, 0.29) is 5.91 Å². The predicted molar refractivity (Wildman–Crippen MR) is 81.3 cm³/mol. The second-order valence-corrected chi connectivity index (χ2v) is 4.77. The number of nitrogens with zero attached hydrogens (tertiary/aromatic N) is 1. The number of anilines is 1. The molecule has 0 heterocycles. The van der Waals surface area contributed by atoms with Crippen molar-refractivity contribution in [3.05, 3.63) is 59.1 Å². The molecule has 5 heteroatoms. The standard InChI is InChI=1S/C16H13ClN2O2/c1-11(21-13-8-6-12(10-18)7-9-13)16(20)19-15-5-3-2-4-14(15)17/h2-9,11H,1H3,(H,19,20)/t11-/m0/s1. The first kappa shape index (κ1) is 14.9. The molecule has 2 rings (SSSR count). The maximum Gasteiger partial charge on any atom is 0.265 e. The molecular weight excluding hydrogens is 288 g/mol. The van der Waals surface area contributed by atoms with Crippen molar-refractivity contribution in [2.45, 2.75) is 13.0 Å². The van der Waals surface area contributed by atoms with Gasteiger partial charge in [-0.05, 0) is 43.3 Å². The third-order valence-electron chi connectivity index (χ3n) is 2.80. The summed E-state index contributed by atoms with van der Waals surface area (Å²) in [7, 11) is 0. The monoisotopic (exact) mass is 300 g/mol. The highest BCUT2D eigenvalue weighted by Gasteiger charge is 2.15. The fourth-order valence-corrected chi connectivity index (χ4v) is 1.85. The second kappa shape index (κ2) is 6.78. The number of carbonyl (C=O) groups excluding carboxylic acids is 1. The van der Waals surface area contributed by atoms with E-state index in [4.69, 9.17) is 21.6 Å². The van der Waals surface area contributed by atoms with Gasteiger partial charge in [-0.2, -0.15) is 5.26 Å². The van der Waals surface area contributed by atoms with Crippen LogP contribution in [0.4, 0.5) is 5.69 Å². The summed E-state index contributed by atoms with van der Waals surface area (Å²) >= 11 is 5.98. The maximum atomic E-state index is 12.0. The molecule has 0 unspecified atom stereocenters. The molecule has 1 atom stereocenters. The fraction of sp³-hybridized carbons (Fsp3) is 0.125. The normalized spacial score (nSPS) is 11.3. The van der Waals surface area contributed by atoms with E-state index in [9.17, 15) is 4.79 Å². The molecule has 0 saturated heterocycles. The number of amides is 1. The molecular formula is C16H13ClN2O2. The van der Waals surface area contributed by atoms with E-state index in [2.05, 4.69) is 5.32 Å². The number of hydrogen-bond donors (Lipinski definition) is 1.